The van der Waals surface area contributed by atoms with Crippen LogP contribution in [0.25, 0.3) is 0 Å². The second-order valence-corrected chi connectivity index (χ2v) is 7.47. The minimum Gasteiger partial charge on any atom is -0.497 e. The van der Waals surface area contributed by atoms with Gasteiger partial charge in [0.05, 0.1) is 12.4 Å². The van der Waals surface area contributed by atoms with E-state index in [1.165, 1.54) is 12.8 Å². The van der Waals surface area contributed by atoms with Crippen molar-refractivity contribution >= 4 is 17.5 Å². The van der Waals surface area contributed by atoms with E-state index in [0.717, 1.165) is 24.4 Å². The first kappa shape index (κ1) is 13.3. The van der Waals surface area contributed by atoms with Crippen molar-refractivity contribution in [3.8, 4) is 0 Å². The van der Waals surface area contributed by atoms with Gasteiger partial charge in [-0.2, -0.15) is 11.8 Å². The number of ether oxygens (including phenoxy) is 1. The molecule has 3 aliphatic rings. The lowest BCUT2D eigenvalue weighted by Gasteiger charge is -2.48. The molecule has 2 fully saturated rings. The summed E-state index contributed by atoms with van der Waals surface area (Å²) in [4.78, 5) is 12.8. The Balaban J connectivity index is 1.97. The Morgan fingerprint density at radius 2 is 2.26 bits per heavy atom. The summed E-state index contributed by atoms with van der Waals surface area (Å²) in [6.45, 7) is 2.19. The minimum absolute atomic E-state index is 0.185. The van der Waals surface area contributed by atoms with Gasteiger partial charge in [-0.3, -0.25) is 4.79 Å². The molecule has 0 spiro atoms. The molecule has 4 atom stereocenters. The van der Waals surface area contributed by atoms with E-state index in [2.05, 4.69) is 25.2 Å². The molecule has 0 aromatic carbocycles. The molecule has 2 bridgehead atoms. The Kier molecular flexibility index (Phi) is 3.50. The van der Waals surface area contributed by atoms with Gasteiger partial charge in [-0.05, 0) is 49.0 Å². The molecule has 0 radical (unpaired) electrons. The molecule has 3 rings (SSSR count). The minimum atomic E-state index is -0.185. The van der Waals surface area contributed by atoms with Crippen molar-refractivity contribution in [1.29, 1.82) is 0 Å². The monoisotopic (exact) mass is 278 g/mol. The molecule has 0 amide bonds. The zero-order valence-corrected chi connectivity index (χ0v) is 12.5. The molecule has 1 saturated heterocycles. The molecule has 4 unspecified atom stereocenters. The maximum atomic E-state index is 12.8. The van der Waals surface area contributed by atoms with Crippen LogP contribution in [0.1, 0.15) is 32.6 Å². The molecule has 1 aliphatic heterocycles. The van der Waals surface area contributed by atoms with Crippen LogP contribution in [-0.4, -0.2) is 23.9 Å². The van der Waals surface area contributed by atoms with Gasteiger partial charge in [0.15, 0.2) is 5.78 Å². The van der Waals surface area contributed by atoms with Gasteiger partial charge >= 0.3 is 0 Å². The number of hydrogen-bond donors (Lipinski definition) is 0. The number of allylic oxidation sites excluding steroid dienone is 3. The topological polar surface area (TPSA) is 26.3 Å². The van der Waals surface area contributed by atoms with E-state index in [4.69, 9.17) is 4.74 Å². The highest BCUT2D eigenvalue weighted by molar-refractivity contribution is 8.00. The van der Waals surface area contributed by atoms with Crippen molar-refractivity contribution in [3.63, 3.8) is 0 Å². The van der Waals surface area contributed by atoms with Crippen LogP contribution in [0.5, 0.6) is 0 Å². The van der Waals surface area contributed by atoms with E-state index in [1.54, 1.807) is 7.11 Å². The number of carbonyl (C=O) groups is 1. The van der Waals surface area contributed by atoms with Gasteiger partial charge < -0.3 is 4.74 Å². The van der Waals surface area contributed by atoms with Gasteiger partial charge in [0, 0.05) is 5.41 Å². The summed E-state index contributed by atoms with van der Waals surface area (Å²) >= 11 is 1.89. The van der Waals surface area contributed by atoms with Crippen LogP contribution in [0.2, 0.25) is 0 Å². The first-order valence-corrected chi connectivity index (χ1v) is 8.30. The van der Waals surface area contributed by atoms with Crippen LogP contribution in [-0.2, 0) is 9.53 Å². The Morgan fingerprint density at radius 1 is 1.42 bits per heavy atom. The van der Waals surface area contributed by atoms with E-state index in [1.807, 2.05) is 11.8 Å². The van der Waals surface area contributed by atoms with Crippen molar-refractivity contribution in [2.45, 2.75) is 37.9 Å². The lowest BCUT2D eigenvalue weighted by molar-refractivity contribution is -0.134. The predicted molar refractivity (Wildman–Crippen MR) is 79.0 cm³/mol. The van der Waals surface area contributed by atoms with Crippen molar-refractivity contribution in [2.75, 3.05) is 12.9 Å². The Labute approximate surface area is 119 Å². The lowest BCUT2D eigenvalue weighted by atomic mass is 9.58. The van der Waals surface area contributed by atoms with Crippen LogP contribution >= 0.6 is 11.8 Å². The van der Waals surface area contributed by atoms with E-state index in [9.17, 15) is 4.79 Å². The number of thioether (sulfide) groups is 1. The van der Waals surface area contributed by atoms with Gasteiger partial charge in [-0.15, -0.1) is 0 Å². The van der Waals surface area contributed by atoms with Crippen LogP contribution in [0.3, 0.4) is 0 Å². The van der Waals surface area contributed by atoms with Gasteiger partial charge in [-0.25, -0.2) is 0 Å². The van der Waals surface area contributed by atoms with Crippen LogP contribution in [0, 0.1) is 17.3 Å². The van der Waals surface area contributed by atoms with Crippen molar-refractivity contribution in [3.05, 3.63) is 24.0 Å². The molecule has 1 saturated carbocycles. The lowest BCUT2D eigenvalue weighted by Crippen LogP contribution is -2.50. The molecular weight excluding hydrogens is 256 g/mol. The molecule has 0 aromatic rings. The molecular formula is C16H22O2S. The van der Waals surface area contributed by atoms with Gasteiger partial charge in [-0.1, -0.05) is 19.4 Å². The Morgan fingerprint density at radius 3 is 3.05 bits per heavy atom. The SMILES string of the molecule is COC1=CC2C(C=C1)CC1SCCCCC2(C)C1=O. The summed E-state index contributed by atoms with van der Waals surface area (Å²) in [5.74, 6) is 3.39. The molecule has 2 aliphatic carbocycles. The van der Waals surface area contributed by atoms with Gasteiger partial charge in [0.1, 0.15) is 5.76 Å². The predicted octanol–water partition coefficient (Wildman–Crippen LogP) is 3.58. The highest BCUT2D eigenvalue weighted by Gasteiger charge is 2.51. The average Bonchev–Trinajstić information content (AvgIpc) is 2.43. The average molecular weight is 278 g/mol. The van der Waals surface area contributed by atoms with Crippen LogP contribution in [0.4, 0.5) is 0 Å². The normalized spacial score (nSPS) is 41.9. The smallest absolute Gasteiger partial charge is 0.152 e. The molecule has 19 heavy (non-hydrogen) atoms. The van der Waals surface area contributed by atoms with Crippen LogP contribution < -0.4 is 0 Å². The molecule has 0 N–H and O–H groups in total. The third-order valence-electron chi connectivity index (χ3n) is 5.04. The highest BCUT2D eigenvalue weighted by Crippen LogP contribution is 2.52. The Bertz CT molecular complexity index is 440. The zero-order chi connectivity index (χ0) is 13.5. The number of carbonyl (C=O) groups excluding carboxylic acids is 1. The summed E-state index contributed by atoms with van der Waals surface area (Å²) in [6, 6.07) is 0. The number of methoxy groups -OCH3 is 1. The van der Waals surface area contributed by atoms with E-state index < -0.39 is 0 Å². The first-order chi connectivity index (χ1) is 9.15. The van der Waals surface area contributed by atoms with Crippen molar-refractivity contribution < 1.29 is 9.53 Å². The fourth-order valence-electron chi connectivity index (χ4n) is 3.85. The van der Waals surface area contributed by atoms with Crippen molar-refractivity contribution in [1.82, 2.24) is 0 Å². The summed E-state index contributed by atoms with van der Waals surface area (Å²) in [6.07, 6.45) is 11.0. The zero-order valence-electron chi connectivity index (χ0n) is 11.7. The third-order valence-corrected chi connectivity index (χ3v) is 6.37. The molecule has 104 valence electrons. The van der Waals surface area contributed by atoms with Gasteiger partial charge in [0.25, 0.3) is 0 Å². The summed E-state index contributed by atoms with van der Waals surface area (Å²) < 4.78 is 5.37. The number of Topliss-reactive ketones (excluding diaryl/α,β-unsaturated/α-hetero) is 1. The van der Waals surface area contributed by atoms with Gasteiger partial charge in [0.2, 0.25) is 0 Å². The van der Waals surface area contributed by atoms with Crippen LogP contribution in [0.15, 0.2) is 24.0 Å². The summed E-state index contributed by atoms with van der Waals surface area (Å²) in [5, 5.41) is 0.216. The van der Waals surface area contributed by atoms with E-state index in [-0.39, 0.29) is 10.7 Å². The maximum Gasteiger partial charge on any atom is 0.152 e. The number of ketones is 1. The van der Waals surface area contributed by atoms with E-state index >= 15 is 0 Å². The fraction of sp³-hybridized carbons (Fsp3) is 0.688. The molecule has 3 heteroatoms. The first-order valence-electron chi connectivity index (χ1n) is 7.25. The fourth-order valence-corrected chi connectivity index (χ4v) is 5.29. The second kappa shape index (κ2) is 5.01. The number of hydrogen-bond acceptors (Lipinski definition) is 3. The molecule has 2 nitrogen and oxygen atoms in total. The standard InChI is InChI=1S/C16H22O2S/c1-16-7-3-4-8-19-14(15(16)17)9-11-5-6-12(18-2)10-13(11)16/h5-6,10-11,13-14H,3-4,7-9H2,1-2H3. The number of fused-ring (bicyclic) bond motifs is 4. The maximum absolute atomic E-state index is 12.8. The largest absolute Gasteiger partial charge is 0.497 e. The van der Waals surface area contributed by atoms with Crippen molar-refractivity contribution in [2.24, 2.45) is 17.3 Å². The summed E-state index contributed by atoms with van der Waals surface area (Å²) in [7, 11) is 1.71. The number of rotatable bonds is 1. The molecule has 1 heterocycles. The third kappa shape index (κ3) is 2.16. The highest BCUT2D eigenvalue weighted by atomic mass is 32.2. The summed E-state index contributed by atoms with van der Waals surface area (Å²) in [5.41, 5.74) is -0.185. The Hall–Kier alpha value is -0.700. The van der Waals surface area contributed by atoms with E-state index in [0.29, 0.717) is 17.6 Å². The molecule has 0 aromatic heterocycles. The second-order valence-electron chi connectivity index (χ2n) is 6.16. The quantitative estimate of drug-likeness (QED) is 0.733.